The third kappa shape index (κ3) is 3.31. The molecule has 3 aromatic carbocycles. The number of nitrogens with one attached hydrogen (secondary N) is 1. The highest BCUT2D eigenvalue weighted by Crippen LogP contribution is 2.46. The summed E-state index contributed by atoms with van der Waals surface area (Å²) in [5.41, 5.74) is 2.68. The lowest BCUT2D eigenvalue weighted by Gasteiger charge is -2.45. The quantitative estimate of drug-likeness (QED) is 0.552. The van der Waals surface area contributed by atoms with Crippen LogP contribution in [0.3, 0.4) is 0 Å². The first-order valence-electron chi connectivity index (χ1n) is 10.8. The summed E-state index contributed by atoms with van der Waals surface area (Å²) < 4.78 is 6.60. The van der Waals surface area contributed by atoms with Crippen LogP contribution in [-0.2, 0) is 0 Å². The lowest BCUT2D eigenvalue weighted by Crippen LogP contribution is -2.45. The highest BCUT2D eigenvalue weighted by atomic mass is 16.5. The largest absolute Gasteiger partial charge is 0.487 e. The molecule has 1 heterocycles. The lowest BCUT2D eigenvalue weighted by molar-refractivity contribution is -0.00388. The van der Waals surface area contributed by atoms with E-state index in [9.17, 15) is 0 Å². The Morgan fingerprint density at radius 1 is 0.893 bits per heavy atom. The topological polar surface area (TPSA) is 21.3 Å². The molecule has 1 spiro atoms. The van der Waals surface area contributed by atoms with E-state index in [2.05, 4.69) is 79.0 Å². The van der Waals surface area contributed by atoms with Gasteiger partial charge in [-0.3, -0.25) is 0 Å². The summed E-state index contributed by atoms with van der Waals surface area (Å²) in [6, 6.07) is 24.7. The summed E-state index contributed by atoms with van der Waals surface area (Å²) in [5, 5.41) is 6.56. The molecule has 5 rings (SSSR count). The van der Waals surface area contributed by atoms with Crippen molar-refractivity contribution in [2.45, 2.75) is 63.1 Å². The smallest absolute Gasteiger partial charge is 0.124 e. The number of hydrogen-bond acceptors (Lipinski definition) is 2. The summed E-state index contributed by atoms with van der Waals surface area (Å²) in [7, 11) is 0. The minimum absolute atomic E-state index is 0.0212. The number of benzene rings is 3. The second-order valence-electron chi connectivity index (χ2n) is 8.64. The molecule has 2 aliphatic rings. The van der Waals surface area contributed by atoms with Gasteiger partial charge >= 0.3 is 0 Å². The first-order valence-corrected chi connectivity index (χ1v) is 10.8. The van der Waals surface area contributed by atoms with Crippen LogP contribution in [0, 0.1) is 0 Å². The van der Waals surface area contributed by atoms with Gasteiger partial charge in [-0.2, -0.15) is 0 Å². The summed E-state index contributed by atoms with van der Waals surface area (Å²) in [5.74, 6) is 1.08. The Labute approximate surface area is 167 Å². The Hall–Kier alpha value is -2.32. The minimum Gasteiger partial charge on any atom is -0.487 e. The molecule has 0 saturated heterocycles. The van der Waals surface area contributed by atoms with Crippen molar-refractivity contribution in [3.63, 3.8) is 0 Å². The van der Waals surface area contributed by atoms with Crippen LogP contribution in [0.5, 0.6) is 5.75 Å². The highest BCUT2D eigenvalue weighted by Gasteiger charge is 2.41. The van der Waals surface area contributed by atoms with Crippen molar-refractivity contribution < 1.29 is 4.74 Å². The fraction of sp³-hybridized carbons (Fsp3) is 0.385. The maximum atomic E-state index is 6.60. The van der Waals surface area contributed by atoms with Gasteiger partial charge in [-0.15, -0.1) is 0 Å². The molecule has 0 radical (unpaired) electrons. The fourth-order valence-corrected chi connectivity index (χ4v) is 5.14. The van der Waals surface area contributed by atoms with Crippen molar-refractivity contribution in [3.8, 4) is 5.75 Å². The first-order chi connectivity index (χ1) is 13.7. The lowest BCUT2D eigenvalue weighted by atomic mass is 9.77. The molecule has 2 nitrogen and oxygen atoms in total. The normalized spacial score (nSPS) is 21.8. The van der Waals surface area contributed by atoms with E-state index in [-0.39, 0.29) is 5.60 Å². The van der Waals surface area contributed by atoms with Crippen LogP contribution in [0.2, 0.25) is 0 Å². The Bertz CT molecular complexity index is 973. The second kappa shape index (κ2) is 7.25. The van der Waals surface area contributed by atoms with Crippen LogP contribution in [0.25, 0.3) is 10.8 Å². The third-order valence-corrected chi connectivity index (χ3v) is 6.69. The molecule has 2 unspecified atom stereocenters. The van der Waals surface area contributed by atoms with Crippen molar-refractivity contribution in [2.24, 2.45) is 0 Å². The zero-order valence-corrected chi connectivity index (χ0v) is 16.7. The molecular formula is C26H29NO. The highest BCUT2D eigenvalue weighted by molar-refractivity contribution is 5.83. The SMILES string of the molecule is CC(NC1CC2(CCCCC2)Oc2ccccc21)c1ccc2ccccc2c1. The summed E-state index contributed by atoms with van der Waals surface area (Å²) >= 11 is 0. The fourth-order valence-electron chi connectivity index (χ4n) is 5.14. The zero-order valence-electron chi connectivity index (χ0n) is 16.7. The predicted octanol–water partition coefficient (Wildman–Crippen LogP) is 6.72. The van der Waals surface area contributed by atoms with E-state index in [1.165, 1.54) is 54.0 Å². The maximum Gasteiger partial charge on any atom is 0.124 e. The number of ether oxygens (including phenoxy) is 1. The van der Waals surface area contributed by atoms with Gasteiger partial charge in [0.1, 0.15) is 11.4 Å². The Morgan fingerprint density at radius 2 is 1.64 bits per heavy atom. The third-order valence-electron chi connectivity index (χ3n) is 6.69. The molecule has 1 aliphatic heterocycles. The zero-order chi connectivity index (χ0) is 19.0. The van der Waals surface area contributed by atoms with Gasteiger partial charge in [-0.05, 0) is 61.1 Å². The van der Waals surface area contributed by atoms with Crippen molar-refractivity contribution >= 4 is 10.8 Å². The monoisotopic (exact) mass is 371 g/mol. The predicted molar refractivity (Wildman–Crippen MR) is 116 cm³/mol. The van der Waals surface area contributed by atoms with Crippen LogP contribution in [0.15, 0.2) is 66.7 Å². The Morgan fingerprint density at radius 3 is 2.50 bits per heavy atom. The summed E-state index contributed by atoms with van der Waals surface area (Å²) in [6.45, 7) is 2.29. The number of rotatable bonds is 3. The van der Waals surface area contributed by atoms with Crippen LogP contribution in [0.1, 0.15) is 68.7 Å². The van der Waals surface area contributed by atoms with Crippen LogP contribution in [0.4, 0.5) is 0 Å². The van der Waals surface area contributed by atoms with Crippen molar-refractivity contribution in [3.05, 3.63) is 77.9 Å². The van der Waals surface area contributed by atoms with E-state index >= 15 is 0 Å². The molecular weight excluding hydrogens is 342 g/mol. The van der Waals surface area contributed by atoms with E-state index in [0.717, 1.165) is 12.2 Å². The van der Waals surface area contributed by atoms with Crippen LogP contribution < -0.4 is 10.1 Å². The van der Waals surface area contributed by atoms with E-state index in [1.54, 1.807) is 0 Å². The average molecular weight is 372 g/mol. The summed E-state index contributed by atoms with van der Waals surface area (Å²) in [4.78, 5) is 0. The van der Waals surface area contributed by atoms with Gasteiger partial charge < -0.3 is 10.1 Å². The first kappa shape index (κ1) is 17.8. The van der Waals surface area contributed by atoms with Gasteiger partial charge in [-0.25, -0.2) is 0 Å². The van der Waals surface area contributed by atoms with Gasteiger partial charge in [0, 0.05) is 24.1 Å². The molecule has 1 saturated carbocycles. The molecule has 144 valence electrons. The van der Waals surface area contributed by atoms with E-state index < -0.39 is 0 Å². The Balaban J connectivity index is 1.43. The molecule has 1 fully saturated rings. The summed E-state index contributed by atoms with van der Waals surface area (Å²) in [6.07, 6.45) is 7.36. The number of hydrogen-bond donors (Lipinski definition) is 1. The molecule has 0 bridgehead atoms. The van der Waals surface area contributed by atoms with Gasteiger partial charge in [-0.1, -0.05) is 61.0 Å². The van der Waals surface area contributed by atoms with Gasteiger partial charge in [0.15, 0.2) is 0 Å². The molecule has 1 N–H and O–H groups in total. The second-order valence-corrected chi connectivity index (χ2v) is 8.64. The number of para-hydroxylation sites is 1. The van der Waals surface area contributed by atoms with Crippen molar-refractivity contribution in [2.75, 3.05) is 0 Å². The molecule has 0 aromatic heterocycles. The van der Waals surface area contributed by atoms with Gasteiger partial charge in [0.05, 0.1) is 0 Å². The van der Waals surface area contributed by atoms with Crippen LogP contribution in [-0.4, -0.2) is 5.60 Å². The van der Waals surface area contributed by atoms with E-state index in [1.807, 2.05) is 0 Å². The molecule has 0 amide bonds. The molecule has 2 heteroatoms. The molecule has 28 heavy (non-hydrogen) atoms. The van der Waals surface area contributed by atoms with Gasteiger partial charge in [0.2, 0.25) is 0 Å². The Kier molecular flexibility index (Phi) is 4.60. The van der Waals surface area contributed by atoms with E-state index in [0.29, 0.717) is 12.1 Å². The maximum absolute atomic E-state index is 6.60. The van der Waals surface area contributed by atoms with Crippen molar-refractivity contribution in [1.82, 2.24) is 5.32 Å². The molecule has 2 atom stereocenters. The average Bonchev–Trinajstić information content (AvgIpc) is 2.74. The molecule has 3 aromatic rings. The van der Waals surface area contributed by atoms with Gasteiger partial charge in [0.25, 0.3) is 0 Å². The van der Waals surface area contributed by atoms with Crippen LogP contribution >= 0.6 is 0 Å². The van der Waals surface area contributed by atoms with E-state index in [4.69, 9.17) is 4.74 Å². The van der Waals surface area contributed by atoms with Crippen molar-refractivity contribution in [1.29, 1.82) is 0 Å². The standard InChI is InChI=1S/C26H29NO/c1-19(21-14-13-20-9-3-4-10-22(20)17-21)27-24-18-26(15-7-2-8-16-26)28-25-12-6-5-11-23(24)25/h3-6,9-14,17,19,24,27H,2,7-8,15-16,18H2,1H3. The number of fused-ring (bicyclic) bond motifs is 2. The minimum atomic E-state index is 0.0212. The molecule has 1 aliphatic carbocycles.